The van der Waals surface area contributed by atoms with E-state index in [1.54, 1.807) is 0 Å². The van der Waals surface area contributed by atoms with Crippen LogP contribution in [0.5, 0.6) is 0 Å². The van der Waals surface area contributed by atoms with Crippen molar-refractivity contribution in [3.8, 4) is 0 Å². The zero-order chi connectivity index (χ0) is 16.5. The fourth-order valence-electron chi connectivity index (χ4n) is 3.88. The highest BCUT2D eigenvalue weighted by atomic mass is 79.9. The normalized spacial score (nSPS) is 25.3. The predicted octanol–water partition coefficient (Wildman–Crippen LogP) is 3.36. The van der Waals surface area contributed by atoms with Gasteiger partial charge in [0.25, 0.3) is 0 Å². The number of halogens is 1. The smallest absolute Gasteiger partial charge is 0.0944 e. The molecule has 1 aliphatic heterocycles. The molecule has 6 heteroatoms. The molecule has 0 amide bonds. The molecule has 0 bridgehead atoms. The number of aromatic nitrogens is 2. The Morgan fingerprint density at radius 3 is 2.62 bits per heavy atom. The lowest BCUT2D eigenvalue weighted by molar-refractivity contribution is 0.122. The molecule has 5 nitrogen and oxygen atoms in total. The molecule has 2 fully saturated rings. The Kier molecular flexibility index (Phi) is 4.79. The number of aliphatic hydroxyl groups excluding tert-OH is 1. The summed E-state index contributed by atoms with van der Waals surface area (Å²) in [6.07, 6.45) is 6.58. The molecule has 0 radical (unpaired) electrons. The summed E-state index contributed by atoms with van der Waals surface area (Å²) in [6, 6.07) is 4.84. The first-order valence-electron chi connectivity index (χ1n) is 8.86. The summed E-state index contributed by atoms with van der Waals surface area (Å²) >= 11 is 3.73. The summed E-state index contributed by atoms with van der Waals surface area (Å²) in [7, 11) is 0. The third kappa shape index (κ3) is 3.19. The lowest BCUT2D eigenvalue weighted by atomic mass is 9.87. The van der Waals surface area contributed by atoms with Gasteiger partial charge in [-0.2, -0.15) is 5.10 Å². The van der Waals surface area contributed by atoms with Crippen LogP contribution in [0, 0.1) is 5.92 Å². The monoisotopic (exact) mass is 393 g/mol. The number of rotatable bonds is 3. The molecule has 1 saturated heterocycles. The summed E-state index contributed by atoms with van der Waals surface area (Å²) in [5.41, 5.74) is 2.27. The zero-order valence-corrected chi connectivity index (χ0v) is 15.4. The third-order valence-electron chi connectivity index (χ3n) is 5.39. The highest BCUT2D eigenvalue weighted by Crippen LogP contribution is 2.35. The van der Waals surface area contributed by atoms with E-state index in [1.807, 2.05) is 0 Å². The Hall–Kier alpha value is -1.11. The lowest BCUT2D eigenvalue weighted by Gasteiger charge is -2.29. The van der Waals surface area contributed by atoms with Crippen LogP contribution in [0.1, 0.15) is 31.7 Å². The van der Waals surface area contributed by atoms with Gasteiger partial charge in [-0.25, -0.2) is 0 Å². The summed E-state index contributed by atoms with van der Waals surface area (Å²) in [5.74, 6) is 0.480. The second-order valence-electron chi connectivity index (χ2n) is 6.93. The van der Waals surface area contributed by atoms with Gasteiger partial charge >= 0.3 is 0 Å². The van der Waals surface area contributed by atoms with Crippen LogP contribution in [0.3, 0.4) is 0 Å². The number of aliphatic hydroxyl groups is 1. The molecule has 2 aliphatic rings. The number of morpholine rings is 1. The van der Waals surface area contributed by atoms with E-state index < -0.39 is 0 Å². The minimum Gasteiger partial charge on any atom is -0.396 e. The average Bonchev–Trinajstić information content (AvgIpc) is 3.04. The van der Waals surface area contributed by atoms with E-state index in [-0.39, 0.29) is 0 Å². The number of anilines is 1. The van der Waals surface area contributed by atoms with Crippen LogP contribution >= 0.6 is 15.9 Å². The molecule has 1 aliphatic carbocycles. The molecule has 2 heterocycles. The fourth-order valence-corrected chi connectivity index (χ4v) is 4.49. The van der Waals surface area contributed by atoms with Crippen molar-refractivity contribution >= 4 is 32.5 Å². The second-order valence-corrected chi connectivity index (χ2v) is 7.78. The van der Waals surface area contributed by atoms with E-state index in [1.165, 1.54) is 11.1 Å². The Bertz CT molecular complexity index is 704. The Labute approximate surface area is 150 Å². The molecule has 0 spiro atoms. The highest BCUT2D eigenvalue weighted by molar-refractivity contribution is 9.10. The van der Waals surface area contributed by atoms with Crippen molar-refractivity contribution in [2.75, 3.05) is 37.8 Å². The topological polar surface area (TPSA) is 50.5 Å². The molecule has 1 saturated carbocycles. The zero-order valence-electron chi connectivity index (χ0n) is 13.8. The van der Waals surface area contributed by atoms with Gasteiger partial charge in [0, 0.05) is 35.8 Å². The van der Waals surface area contributed by atoms with Crippen molar-refractivity contribution in [2.45, 2.75) is 31.7 Å². The van der Waals surface area contributed by atoms with Crippen LogP contribution < -0.4 is 4.90 Å². The minimum absolute atomic E-state index is 0.323. The van der Waals surface area contributed by atoms with Gasteiger partial charge in [-0.05, 0) is 59.7 Å². The summed E-state index contributed by atoms with van der Waals surface area (Å²) in [6.45, 7) is 3.75. The third-order valence-corrected chi connectivity index (χ3v) is 6.03. The van der Waals surface area contributed by atoms with Gasteiger partial charge in [0.05, 0.1) is 30.5 Å². The van der Waals surface area contributed by atoms with Crippen molar-refractivity contribution in [3.05, 3.63) is 22.8 Å². The molecule has 2 aromatic rings. The molecule has 0 atom stereocenters. The molecule has 4 rings (SSSR count). The Balaban J connectivity index is 1.59. The summed E-state index contributed by atoms with van der Waals surface area (Å²) in [4.78, 5) is 2.36. The number of benzene rings is 1. The molecular weight excluding hydrogens is 370 g/mol. The Morgan fingerprint density at radius 2 is 1.92 bits per heavy atom. The van der Waals surface area contributed by atoms with Gasteiger partial charge in [-0.15, -0.1) is 0 Å². The van der Waals surface area contributed by atoms with Gasteiger partial charge in [-0.3, -0.25) is 4.68 Å². The maximum Gasteiger partial charge on any atom is 0.0944 e. The SMILES string of the molecule is OC[C@H]1CC[C@H](n2cc3cc(Br)c(N4CCOCC4)cc3n2)CC1. The van der Waals surface area contributed by atoms with E-state index in [2.05, 4.69) is 43.8 Å². The van der Waals surface area contributed by atoms with Crippen LogP contribution in [0.25, 0.3) is 10.9 Å². The average molecular weight is 394 g/mol. The molecule has 1 aromatic heterocycles. The van der Waals surface area contributed by atoms with Crippen LogP contribution in [0.4, 0.5) is 5.69 Å². The van der Waals surface area contributed by atoms with Crippen LogP contribution in [-0.4, -0.2) is 47.8 Å². The molecule has 0 unspecified atom stereocenters. The van der Waals surface area contributed by atoms with Gasteiger partial charge in [0.1, 0.15) is 0 Å². The number of nitrogens with zero attached hydrogens (tertiary/aromatic N) is 3. The van der Waals surface area contributed by atoms with Crippen molar-refractivity contribution < 1.29 is 9.84 Å². The van der Waals surface area contributed by atoms with Gasteiger partial charge in [0.2, 0.25) is 0 Å². The predicted molar refractivity (Wildman–Crippen MR) is 98.5 cm³/mol. The van der Waals surface area contributed by atoms with E-state index in [4.69, 9.17) is 9.84 Å². The summed E-state index contributed by atoms with van der Waals surface area (Å²) in [5, 5.41) is 15.3. The number of hydrogen-bond acceptors (Lipinski definition) is 4. The largest absolute Gasteiger partial charge is 0.396 e. The van der Waals surface area contributed by atoms with Crippen molar-refractivity contribution in [1.82, 2.24) is 9.78 Å². The number of hydrogen-bond donors (Lipinski definition) is 1. The maximum atomic E-state index is 9.31. The number of ether oxygens (including phenoxy) is 1. The van der Waals surface area contributed by atoms with Crippen LogP contribution in [0.15, 0.2) is 22.8 Å². The van der Waals surface area contributed by atoms with Crippen molar-refractivity contribution in [1.29, 1.82) is 0 Å². The van der Waals surface area contributed by atoms with Crippen molar-refractivity contribution in [3.63, 3.8) is 0 Å². The van der Waals surface area contributed by atoms with Gasteiger partial charge in [-0.1, -0.05) is 0 Å². The van der Waals surface area contributed by atoms with E-state index >= 15 is 0 Å². The lowest BCUT2D eigenvalue weighted by Crippen LogP contribution is -2.36. The molecular formula is C18H24BrN3O2. The minimum atomic E-state index is 0.323. The molecule has 1 N–H and O–H groups in total. The standard InChI is InChI=1S/C18H24BrN3O2/c19-16-9-14-11-22(15-3-1-13(12-23)2-4-15)20-17(14)10-18(16)21-5-7-24-8-6-21/h9-11,13,15,23H,1-8,12H2/t13-,15-. The first-order valence-corrected chi connectivity index (χ1v) is 9.66. The molecule has 24 heavy (non-hydrogen) atoms. The van der Waals surface area contributed by atoms with E-state index in [0.29, 0.717) is 18.6 Å². The highest BCUT2D eigenvalue weighted by Gasteiger charge is 2.23. The number of fused-ring (bicyclic) bond motifs is 1. The fraction of sp³-hybridized carbons (Fsp3) is 0.611. The first kappa shape index (κ1) is 16.4. The first-order chi connectivity index (χ1) is 11.7. The second kappa shape index (κ2) is 7.02. The summed E-state index contributed by atoms with van der Waals surface area (Å²) < 4.78 is 8.73. The van der Waals surface area contributed by atoms with E-state index in [9.17, 15) is 5.11 Å². The van der Waals surface area contributed by atoms with Crippen molar-refractivity contribution in [2.24, 2.45) is 5.92 Å². The maximum absolute atomic E-state index is 9.31. The van der Waals surface area contributed by atoms with Gasteiger partial charge < -0.3 is 14.7 Å². The van der Waals surface area contributed by atoms with Crippen LogP contribution in [-0.2, 0) is 4.74 Å². The quantitative estimate of drug-likeness (QED) is 0.868. The van der Waals surface area contributed by atoms with Crippen LogP contribution in [0.2, 0.25) is 0 Å². The molecule has 130 valence electrons. The van der Waals surface area contributed by atoms with Gasteiger partial charge in [0.15, 0.2) is 0 Å². The Morgan fingerprint density at radius 1 is 1.17 bits per heavy atom. The molecule has 1 aromatic carbocycles. The van der Waals surface area contributed by atoms with E-state index in [0.717, 1.165) is 62.0 Å².